The van der Waals surface area contributed by atoms with Gasteiger partial charge in [0.1, 0.15) is 0 Å². The summed E-state index contributed by atoms with van der Waals surface area (Å²) in [4.78, 5) is 14.3. The van der Waals surface area contributed by atoms with Crippen molar-refractivity contribution < 1.29 is 4.79 Å². The Labute approximate surface area is 113 Å². The monoisotopic (exact) mass is 263 g/mol. The van der Waals surface area contributed by atoms with Crippen LogP contribution in [0.5, 0.6) is 0 Å². The van der Waals surface area contributed by atoms with Crippen molar-refractivity contribution in [1.29, 1.82) is 0 Å². The summed E-state index contributed by atoms with van der Waals surface area (Å²) in [6, 6.07) is 8.73. The van der Waals surface area contributed by atoms with E-state index in [9.17, 15) is 4.79 Å². The Morgan fingerprint density at radius 1 is 1.06 bits per heavy atom. The number of benzene rings is 1. The summed E-state index contributed by atoms with van der Waals surface area (Å²) in [6.45, 7) is 0. The number of amides is 1. The van der Waals surface area contributed by atoms with E-state index in [1.165, 1.54) is 24.8 Å². The molecule has 2 heterocycles. The molecule has 1 aromatic rings. The molecular weight excluding hydrogens is 246 g/mol. The fraction of sp³-hybridized carbons (Fsp3) is 0.533. The maximum atomic E-state index is 12.2. The molecule has 1 aromatic carbocycles. The maximum Gasteiger partial charge on any atom is 0.223 e. The van der Waals surface area contributed by atoms with Crippen molar-refractivity contribution in [2.45, 2.75) is 50.6 Å². The summed E-state index contributed by atoms with van der Waals surface area (Å²) >= 11 is 5.94. The van der Waals surface area contributed by atoms with Gasteiger partial charge in [-0.2, -0.15) is 0 Å². The molecule has 0 saturated carbocycles. The SMILES string of the molecule is O=C1CCC[C@H]2CCC[C@@H](c3ccc(Cl)cc3)N12. The summed E-state index contributed by atoms with van der Waals surface area (Å²) in [6.07, 6.45) is 6.45. The summed E-state index contributed by atoms with van der Waals surface area (Å²) in [5, 5.41) is 0.760. The second kappa shape index (κ2) is 4.93. The van der Waals surface area contributed by atoms with E-state index < -0.39 is 0 Å². The molecule has 2 saturated heterocycles. The van der Waals surface area contributed by atoms with Crippen LogP contribution in [0.4, 0.5) is 0 Å². The van der Waals surface area contributed by atoms with Crippen LogP contribution in [0.15, 0.2) is 24.3 Å². The molecule has 0 aliphatic carbocycles. The normalized spacial score (nSPS) is 28.1. The van der Waals surface area contributed by atoms with Crippen molar-refractivity contribution >= 4 is 17.5 Å². The van der Waals surface area contributed by atoms with Gasteiger partial charge < -0.3 is 4.90 Å². The second-order valence-corrected chi connectivity index (χ2v) is 5.78. The molecule has 2 aliphatic heterocycles. The third kappa shape index (κ3) is 2.14. The van der Waals surface area contributed by atoms with Gasteiger partial charge in [0.05, 0.1) is 6.04 Å². The van der Waals surface area contributed by atoms with Crippen LogP contribution in [-0.2, 0) is 4.79 Å². The number of carbonyl (C=O) groups excluding carboxylic acids is 1. The van der Waals surface area contributed by atoms with E-state index >= 15 is 0 Å². The summed E-state index contributed by atoms with van der Waals surface area (Å²) < 4.78 is 0. The van der Waals surface area contributed by atoms with Crippen LogP contribution in [0.25, 0.3) is 0 Å². The van der Waals surface area contributed by atoms with E-state index in [1.54, 1.807) is 0 Å². The number of nitrogens with zero attached hydrogens (tertiary/aromatic N) is 1. The van der Waals surface area contributed by atoms with Crippen molar-refractivity contribution in [3.63, 3.8) is 0 Å². The number of carbonyl (C=O) groups is 1. The van der Waals surface area contributed by atoms with E-state index in [4.69, 9.17) is 11.6 Å². The Morgan fingerprint density at radius 3 is 2.56 bits per heavy atom. The molecule has 2 aliphatic rings. The van der Waals surface area contributed by atoms with Gasteiger partial charge in [0.15, 0.2) is 0 Å². The standard InChI is InChI=1S/C15H18ClNO/c16-12-9-7-11(8-10-12)14-5-1-3-13-4-2-6-15(18)17(13)14/h7-10,13-14H,1-6H2/t13-,14+/m1/s1. The highest BCUT2D eigenvalue weighted by Gasteiger charge is 2.36. The van der Waals surface area contributed by atoms with Crippen molar-refractivity contribution in [3.8, 4) is 0 Å². The molecule has 0 spiro atoms. The van der Waals surface area contributed by atoms with Crippen LogP contribution in [0.2, 0.25) is 5.02 Å². The molecule has 0 N–H and O–H groups in total. The predicted octanol–water partition coefficient (Wildman–Crippen LogP) is 3.95. The summed E-state index contributed by atoms with van der Waals surface area (Å²) in [5.41, 5.74) is 1.24. The van der Waals surface area contributed by atoms with E-state index in [0.29, 0.717) is 11.9 Å². The van der Waals surface area contributed by atoms with Gasteiger partial charge in [-0.25, -0.2) is 0 Å². The maximum absolute atomic E-state index is 12.2. The van der Waals surface area contributed by atoms with Crippen LogP contribution in [-0.4, -0.2) is 16.8 Å². The largest absolute Gasteiger partial charge is 0.333 e. The Morgan fingerprint density at radius 2 is 1.78 bits per heavy atom. The van der Waals surface area contributed by atoms with Gasteiger partial charge in [0.2, 0.25) is 5.91 Å². The molecule has 2 fully saturated rings. The van der Waals surface area contributed by atoms with Crippen LogP contribution < -0.4 is 0 Å². The predicted molar refractivity (Wildman–Crippen MR) is 72.5 cm³/mol. The lowest BCUT2D eigenvalue weighted by molar-refractivity contribution is -0.142. The minimum atomic E-state index is 0.272. The molecule has 2 atom stereocenters. The van der Waals surface area contributed by atoms with Gasteiger partial charge in [-0.1, -0.05) is 23.7 Å². The van der Waals surface area contributed by atoms with Crippen molar-refractivity contribution in [2.75, 3.05) is 0 Å². The second-order valence-electron chi connectivity index (χ2n) is 5.35. The third-order valence-corrected chi connectivity index (χ3v) is 4.47. The zero-order valence-electron chi connectivity index (χ0n) is 10.4. The molecule has 96 valence electrons. The van der Waals surface area contributed by atoms with Crippen LogP contribution in [0, 0.1) is 0 Å². The molecule has 18 heavy (non-hydrogen) atoms. The molecule has 2 nitrogen and oxygen atoms in total. The fourth-order valence-electron chi connectivity index (χ4n) is 3.37. The van der Waals surface area contributed by atoms with Crippen molar-refractivity contribution in [1.82, 2.24) is 4.90 Å². The Kier molecular flexibility index (Phi) is 3.29. The van der Waals surface area contributed by atoms with Gasteiger partial charge in [0, 0.05) is 17.5 Å². The number of rotatable bonds is 1. The number of piperidine rings is 2. The molecule has 0 unspecified atom stereocenters. The van der Waals surface area contributed by atoms with Crippen molar-refractivity contribution in [2.24, 2.45) is 0 Å². The molecule has 0 radical (unpaired) electrons. The third-order valence-electron chi connectivity index (χ3n) is 4.21. The highest BCUT2D eigenvalue weighted by atomic mass is 35.5. The zero-order chi connectivity index (χ0) is 12.5. The molecule has 0 bridgehead atoms. The first-order chi connectivity index (χ1) is 8.75. The molecule has 3 heteroatoms. The number of hydrogen-bond acceptors (Lipinski definition) is 1. The van der Waals surface area contributed by atoms with Gasteiger partial charge in [0.25, 0.3) is 0 Å². The van der Waals surface area contributed by atoms with Crippen LogP contribution in [0.1, 0.15) is 50.1 Å². The Balaban J connectivity index is 1.89. The minimum Gasteiger partial charge on any atom is -0.333 e. The Bertz CT molecular complexity index is 440. The van der Waals surface area contributed by atoms with Gasteiger partial charge in [-0.15, -0.1) is 0 Å². The number of fused-ring (bicyclic) bond motifs is 1. The average molecular weight is 264 g/mol. The zero-order valence-corrected chi connectivity index (χ0v) is 11.2. The first kappa shape index (κ1) is 12.0. The Hall–Kier alpha value is -1.02. The van der Waals surface area contributed by atoms with Crippen LogP contribution >= 0.6 is 11.6 Å². The minimum absolute atomic E-state index is 0.272. The van der Waals surface area contributed by atoms with E-state index in [-0.39, 0.29) is 6.04 Å². The quantitative estimate of drug-likeness (QED) is 0.751. The van der Waals surface area contributed by atoms with Gasteiger partial charge in [-0.3, -0.25) is 4.79 Å². The first-order valence-corrected chi connectivity index (χ1v) is 7.20. The highest BCUT2D eigenvalue weighted by Crippen LogP contribution is 2.39. The van der Waals surface area contributed by atoms with Crippen molar-refractivity contribution in [3.05, 3.63) is 34.9 Å². The van der Waals surface area contributed by atoms with E-state index in [0.717, 1.165) is 24.3 Å². The average Bonchev–Trinajstić information content (AvgIpc) is 2.39. The van der Waals surface area contributed by atoms with Gasteiger partial charge >= 0.3 is 0 Å². The highest BCUT2D eigenvalue weighted by molar-refractivity contribution is 6.30. The summed E-state index contributed by atoms with van der Waals surface area (Å²) in [5.74, 6) is 0.339. The molecule has 3 rings (SSSR count). The number of halogens is 1. The smallest absolute Gasteiger partial charge is 0.223 e. The summed E-state index contributed by atoms with van der Waals surface area (Å²) in [7, 11) is 0. The lowest BCUT2D eigenvalue weighted by Crippen LogP contribution is -2.48. The lowest BCUT2D eigenvalue weighted by atomic mass is 9.86. The molecule has 0 aromatic heterocycles. The van der Waals surface area contributed by atoms with E-state index in [2.05, 4.69) is 17.0 Å². The van der Waals surface area contributed by atoms with Crippen LogP contribution in [0.3, 0.4) is 0 Å². The number of hydrogen-bond donors (Lipinski definition) is 0. The lowest BCUT2D eigenvalue weighted by Gasteiger charge is -2.45. The fourth-order valence-corrected chi connectivity index (χ4v) is 3.50. The molecular formula is C15H18ClNO. The van der Waals surface area contributed by atoms with Gasteiger partial charge in [-0.05, 0) is 49.8 Å². The first-order valence-electron chi connectivity index (χ1n) is 6.82. The topological polar surface area (TPSA) is 20.3 Å². The molecule has 1 amide bonds. The van der Waals surface area contributed by atoms with E-state index in [1.807, 2.05) is 12.1 Å².